The molecular formula is C20H25N5S. The highest BCUT2D eigenvalue weighted by molar-refractivity contribution is 7.09. The summed E-state index contributed by atoms with van der Waals surface area (Å²) < 4.78 is 1.89. The van der Waals surface area contributed by atoms with Gasteiger partial charge >= 0.3 is 0 Å². The topological polar surface area (TPSA) is 54.2 Å². The number of guanidine groups is 1. The first-order chi connectivity index (χ1) is 12.7. The van der Waals surface area contributed by atoms with Crippen LogP contribution in [0, 0.1) is 5.92 Å². The SMILES string of the molecule is CN=C(NCc1cnn(-c2ccccc2)c1)NCC(C)Cc1cccs1. The summed E-state index contributed by atoms with van der Waals surface area (Å²) in [5.74, 6) is 1.36. The van der Waals surface area contributed by atoms with Crippen LogP contribution in [0.5, 0.6) is 0 Å². The Bertz CT molecular complexity index is 808. The van der Waals surface area contributed by atoms with Crippen LogP contribution in [0.4, 0.5) is 0 Å². The standard InChI is InChI=1S/C20H25N5S/c1-16(11-19-9-6-10-26-19)12-22-20(21-2)23-13-17-14-24-25(15-17)18-7-4-3-5-8-18/h3-10,14-16H,11-13H2,1-2H3,(H2,21,22,23). The molecule has 3 rings (SSSR count). The van der Waals surface area contributed by atoms with Gasteiger partial charge in [0.2, 0.25) is 0 Å². The fourth-order valence-corrected chi connectivity index (χ4v) is 3.56. The van der Waals surface area contributed by atoms with Crippen molar-refractivity contribution in [3.63, 3.8) is 0 Å². The number of hydrogen-bond donors (Lipinski definition) is 2. The maximum atomic E-state index is 4.42. The summed E-state index contributed by atoms with van der Waals surface area (Å²) in [5, 5.41) is 13.3. The summed E-state index contributed by atoms with van der Waals surface area (Å²) in [6, 6.07) is 14.4. The quantitative estimate of drug-likeness (QED) is 0.497. The number of rotatable bonds is 7. The van der Waals surface area contributed by atoms with Gasteiger partial charge in [-0.1, -0.05) is 31.2 Å². The molecule has 1 aromatic carbocycles. The maximum Gasteiger partial charge on any atom is 0.191 e. The number of nitrogens with zero attached hydrogens (tertiary/aromatic N) is 3. The van der Waals surface area contributed by atoms with Crippen molar-refractivity contribution in [1.29, 1.82) is 0 Å². The largest absolute Gasteiger partial charge is 0.356 e. The third-order valence-corrected chi connectivity index (χ3v) is 4.99. The molecule has 0 aliphatic rings. The first kappa shape index (κ1) is 18.2. The van der Waals surface area contributed by atoms with Gasteiger partial charge in [0, 0.05) is 36.8 Å². The molecule has 3 aromatic rings. The van der Waals surface area contributed by atoms with Crippen molar-refractivity contribution in [2.24, 2.45) is 10.9 Å². The molecule has 2 aromatic heterocycles. The maximum absolute atomic E-state index is 4.42. The van der Waals surface area contributed by atoms with Crippen molar-refractivity contribution in [3.05, 3.63) is 70.7 Å². The van der Waals surface area contributed by atoms with Gasteiger partial charge in [-0.15, -0.1) is 11.3 Å². The highest BCUT2D eigenvalue weighted by atomic mass is 32.1. The van der Waals surface area contributed by atoms with Crippen LogP contribution in [0.2, 0.25) is 0 Å². The molecule has 136 valence electrons. The summed E-state index contributed by atoms with van der Waals surface area (Å²) in [5.41, 5.74) is 2.17. The lowest BCUT2D eigenvalue weighted by molar-refractivity contribution is 0.562. The normalized spacial score (nSPS) is 12.8. The summed E-state index contributed by atoms with van der Waals surface area (Å²) >= 11 is 1.82. The van der Waals surface area contributed by atoms with Crippen LogP contribution >= 0.6 is 11.3 Å². The van der Waals surface area contributed by atoms with Gasteiger partial charge in [0.25, 0.3) is 0 Å². The van der Waals surface area contributed by atoms with Gasteiger partial charge in [-0.3, -0.25) is 4.99 Å². The van der Waals surface area contributed by atoms with E-state index in [0.717, 1.165) is 30.2 Å². The third kappa shape index (κ3) is 5.20. The van der Waals surface area contributed by atoms with Gasteiger partial charge in [-0.25, -0.2) is 4.68 Å². The molecule has 0 radical (unpaired) electrons. The molecule has 0 aliphatic carbocycles. The zero-order valence-electron chi connectivity index (χ0n) is 15.2. The van der Waals surface area contributed by atoms with E-state index in [1.54, 1.807) is 7.05 Å². The van der Waals surface area contributed by atoms with E-state index in [2.05, 4.69) is 45.2 Å². The van der Waals surface area contributed by atoms with Gasteiger partial charge in [0.05, 0.1) is 11.9 Å². The summed E-state index contributed by atoms with van der Waals surface area (Å²) in [6.45, 7) is 3.83. The number of aromatic nitrogens is 2. The number of para-hydroxylation sites is 1. The molecule has 5 nitrogen and oxygen atoms in total. The minimum absolute atomic E-state index is 0.549. The van der Waals surface area contributed by atoms with Gasteiger partial charge in [-0.05, 0) is 35.9 Å². The lowest BCUT2D eigenvalue weighted by atomic mass is 10.1. The van der Waals surface area contributed by atoms with Crippen LogP contribution in [0.1, 0.15) is 17.4 Å². The second-order valence-electron chi connectivity index (χ2n) is 6.32. The Labute approximate surface area is 158 Å². The molecule has 0 fully saturated rings. The number of thiophene rings is 1. The second kappa shape index (κ2) is 9.20. The molecule has 2 N–H and O–H groups in total. The van der Waals surface area contributed by atoms with Crippen molar-refractivity contribution < 1.29 is 0 Å². The average Bonchev–Trinajstić information content (AvgIpc) is 3.34. The lowest BCUT2D eigenvalue weighted by Gasteiger charge is -2.15. The molecule has 26 heavy (non-hydrogen) atoms. The zero-order valence-corrected chi connectivity index (χ0v) is 16.0. The smallest absolute Gasteiger partial charge is 0.191 e. The number of nitrogens with one attached hydrogen (secondary N) is 2. The predicted molar refractivity (Wildman–Crippen MR) is 109 cm³/mol. The van der Waals surface area contributed by atoms with E-state index in [-0.39, 0.29) is 0 Å². The summed E-state index contributed by atoms with van der Waals surface area (Å²) in [4.78, 5) is 5.73. The molecule has 1 atom stereocenters. The molecule has 1 unspecified atom stereocenters. The molecule has 0 amide bonds. The Morgan fingerprint density at radius 3 is 2.77 bits per heavy atom. The fraction of sp³-hybridized carbons (Fsp3) is 0.300. The van der Waals surface area contributed by atoms with Gasteiger partial charge in [0.1, 0.15) is 0 Å². The molecule has 6 heteroatoms. The van der Waals surface area contributed by atoms with E-state index >= 15 is 0 Å². The Morgan fingerprint density at radius 2 is 2.04 bits per heavy atom. The second-order valence-corrected chi connectivity index (χ2v) is 7.36. The van der Waals surface area contributed by atoms with E-state index in [0.29, 0.717) is 12.5 Å². The molecule has 0 spiro atoms. The van der Waals surface area contributed by atoms with Crippen molar-refractivity contribution in [2.45, 2.75) is 19.9 Å². The first-order valence-electron chi connectivity index (χ1n) is 8.80. The van der Waals surface area contributed by atoms with Gasteiger partial charge in [-0.2, -0.15) is 5.10 Å². The summed E-state index contributed by atoms with van der Waals surface area (Å²) in [7, 11) is 1.80. The van der Waals surface area contributed by atoms with Crippen LogP contribution in [0.15, 0.2) is 65.2 Å². The molecule has 2 heterocycles. The van der Waals surface area contributed by atoms with Crippen molar-refractivity contribution >= 4 is 17.3 Å². The monoisotopic (exact) mass is 367 g/mol. The molecular weight excluding hydrogens is 342 g/mol. The Kier molecular flexibility index (Phi) is 6.44. The molecule has 0 bridgehead atoms. The van der Waals surface area contributed by atoms with Crippen LogP contribution in [-0.4, -0.2) is 29.3 Å². The van der Waals surface area contributed by atoms with E-state index in [1.807, 2.05) is 58.7 Å². The van der Waals surface area contributed by atoms with E-state index in [9.17, 15) is 0 Å². The fourth-order valence-electron chi connectivity index (χ4n) is 2.69. The van der Waals surface area contributed by atoms with Crippen LogP contribution in [0.3, 0.4) is 0 Å². The lowest BCUT2D eigenvalue weighted by Crippen LogP contribution is -2.39. The predicted octanol–water partition coefficient (Wildman–Crippen LogP) is 3.48. The highest BCUT2D eigenvalue weighted by Crippen LogP contribution is 2.13. The minimum Gasteiger partial charge on any atom is -0.356 e. The summed E-state index contributed by atoms with van der Waals surface area (Å²) in [6.07, 6.45) is 5.01. The van der Waals surface area contributed by atoms with Gasteiger partial charge in [0.15, 0.2) is 5.96 Å². The number of hydrogen-bond acceptors (Lipinski definition) is 3. The van der Waals surface area contributed by atoms with E-state index < -0.39 is 0 Å². The Balaban J connectivity index is 1.46. The van der Waals surface area contributed by atoms with Crippen LogP contribution in [-0.2, 0) is 13.0 Å². The van der Waals surface area contributed by atoms with Crippen LogP contribution in [0.25, 0.3) is 5.69 Å². The molecule has 0 aliphatic heterocycles. The first-order valence-corrected chi connectivity index (χ1v) is 9.68. The van der Waals surface area contributed by atoms with E-state index in [1.165, 1.54) is 4.88 Å². The Hall–Kier alpha value is -2.60. The zero-order chi connectivity index (χ0) is 18.2. The van der Waals surface area contributed by atoms with Crippen molar-refractivity contribution in [3.8, 4) is 5.69 Å². The Morgan fingerprint density at radius 1 is 1.19 bits per heavy atom. The molecule has 0 saturated carbocycles. The number of benzene rings is 1. The minimum atomic E-state index is 0.549. The number of aliphatic imine (C=N–C) groups is 1. The van der Waals surface area contributed by atoms with E-state index in [4.69, 9.17) is 0 Å². The van der Waals surface area contributed by atoms with Crippen molar-refractivity contribution in [1.82, 2.24) is 20.4 Å². The van der Waals surface area contributed by atoms with Gasteiger partial charge < -0.3 is 10.6 Å². The van der Waals surface area contributed by atoms with Crippen LogP contribution < -0.4 is 10.6 Å². The third-order valence-electron chi connectivity index (χ3n) is 4.09. The average molecular weight is 368 g/mol. The molecule has 0 saturated heterocycles. The van der Waals surface area contributed by atoms with Crippen molar-refractivity contribution in [2.75, 3.05) is 13.6 Å². The highest BCUT2D eigenvalue weighted by Gasteiger charge is 2.07.